The second-order valence-electron chi connectivity index (χ2n) is 4.18. The van der Waals surface area contributed by atoms with Crippen LogP contribution in [0.15, 0.2) is 28.7 Å². The fourth-order valence-electron chi connectivity index (χ4n) is 1.70. The first-order valence-electron chi connectivity index (χ1n) is 5.89. The highest BCUT2D eigenvalue weighted by Gasteiger charge is 2.30. The number of ether oxygens (including phenoxy) is 1. The van der Waals surface area contributed by atoms with Crippen molar-refractivity contribution in [2.75, 3.05) is 6.61 Å². The second-order valence-corrected chi connectivity index (χ2v) is 5.10. The van der Waals surface area contributed by atoms with Gasteiger partial charge in [0.1, 0.15) is 6.04 Å². The Kier molecular flexibility index (Phi) is 4.18. The van der Waals surface area contributed by atoms with Crippen LogP contribution in [0.2, 0.25) is 0 Å². The van der Waals surface area contributed by atoms with Crippen LogP contribution in [0.4, 0.5) is 0 Å². The van der Waals surface area contributed by atoms with Gasteiger partial charge in [-0.3, -0.25) is 5.32 Å². The van der Waals surface area contributed by atoms with E-state index in [1.165, 1.54) is 0 Å². The minimum Gasteiger partial charge on any atom is -0.465 e. The van der Waals surface area contributed by atoms with Crippen molar-refractivity contribution in [1.29, 1.82) is 0 Å². The van der Waals surface area contributed by atoms with Crippen molar-refractivity contribution < 1.29 is 9.53 Å². The molecule has 0 spiro atoms. The van der Waals surface area contributed by atoms with Crippen molar-refractivity contribution in [3.8, 4) is 0 Å². The van der Waals surface area contributed by atoms with Crippen molar-refractivity contribution in [2.45, 2.75) is 31.8 Å². The highest BCUT2D eigenvalue weighted by Crippen LogP contribution is 2.26. The van der Waals surface area contributed by atoms with Crippen molar-refractivity contribution in [1.82, 2.24) is 5.32 Å². The fourth-order valence-corrected chi connectivity index (χ4v) is 2.11. The molecule has 1 unspecified atom stereocenters. The Morgan fingerprint density at radius 1 is 1.59 bits per heavy atom. The molecule has 0 radical (unpaired) electrons. The summed E-state index contributed by atoms with van der Waals surface area (Å²) in [5, 5.41) is 3.32. The minimum atomic E-state index is -0.347. The molecule has 1 atom stereocenters. The highest BCUT2D eigenvalue weighted by molar-refractivity contribution is 9.10. The average Bonchev–Trinajstić information content (AvgIpc) is 3.10. The number of benzene rings is 1. The maximum Gasteiger partial charge on any atom is 0.327 e. The van der Waals surface area contributed by atoms with Gasteiger partial charge >= 0.3 is 5.97 Å². The molecule has 2 rings (SSSR count). The summed E-state index contributed by atoms with van der Waals surface area (Å²) in [6, 6.07) is 7.89. The molecule has 0 aromatic heterocycles. The zero-order chi connectivity index (χ0) is 12.3. The van der Waals surface area contributed by atoms with Crippen molar-refractivity contribution in [2.24, 2.45) is 0 Å². The van der Waals surface area contributed by atoms with Gasteiger partial charge in [0.05, 0.1) is 6.61 Å². The largest absolute Gasteiger partial charge is 0.465 e. The van der Waals surface area contributed by atoms with E-state index in [0.29, 0.717) is 12.6 Å². The Balaban J connectivity index is 2.15. The summed E-state index contributed by atoms with van der Waals surface area (Å²) in [6.07, 6.45) is 2.29. The molecule has 1 aliphatic rings. The maximum atomic E-state index is 11.9. The first kappa shape index (κ1) is 12.6. The predicted octanol–water partition coefficient (Wildman–Crippen LogP) is 2.81. The van der Waals surface area contributed by atoms with Crippen LogP contribution in [0.25, 0.3) is 0 Å². The maximum absolute atomic E-state index is 11.9. The minimum absolute atomic E-state index is 0.197. The number of esters is 1. The summed E-state index contributed by atoms with van der Waals surface area (Å²) in [5.41, 5.74) is 0.949. The zero-order valence-corrected chi connectivity index (χ0v) is 11.4. The first-order valence-corrected chi connectivity index (χ1v) is 6.68. The Morgan fingerprint density at radius 2 is 2.35 bits per heavy atom. The molecule has 1 aromatic rings. The number of halogens is 1. The summed E-state index contributed by atoms with van der Waals surface area (Å²) in [7, 11) is 0. The van der Waals surface area contributed by atoms with E-state index in [4.69, 9.17) is 4.74 Å². The van der Waals surface area contributed by atoms with Gasteiger partial charge in [-0.25, -0.2) is 4.79 Å². The molecule has 3 nitrogen and oxygen atoms in total. The summed E-state index contributed by atoms with van der Waals surface area (Å²) >= 11 is 3.42. The van der Waals surface area contributed by atoms with E-state index >= 15 is 0 Å². The molecule has 17 heavy (non-hydrogen) atoms. The number of carbonyl (C=O) groups is 1. The van der Waals surface area contributed by atoms with Crippen LogP contribution in [0.3, 0.4) is 0 Å². The first-order chi connectivity index (χ1) is 8.20. The Labute approximate surface area is 110 Å². The number of hydrogen-bond donors (Lipinski definition) is 1. The van der Waals surface area contributed by atoms with E-state index in [9.17, 15) is 4.79 Å². The van der Waals surface area contributed by atoms with Crippen LogP contribution in [0.1, 0.15) is 31.4 Å². The number of hydrogen-bond acceptors (Lipinski definition) is 3. The van der Waals surface area contributed by atoms with Gasteiger partial charge in [0.2, 0.25) is 0 Å². The molecule has 1 aliphatic carbocycles. The van der Waals surface area contributed by atoms with Crippen molar-refractivity contribution >= 4 is 21.9 Å². The molecule has 0 saturated heterocycles. The Bertz CT molecular complexity index is 404. The molecular weight excluding hydrogens is 282 g/mol. The zero-order valence-electron chi connectivity index (χ0n) is 9.78. The van der Waals surface area contributed by atoms with Gasteiger partial charge in [0.15, 0.2) is 0 Å². The molecule has 1 saturated carbocycles. The highest BCUT2D eigenvalue weighted by atomic mass is 79.9. The van der Waals surface area contributed by atoms with Crippen LogP contribution in [-0.2, 0) is 9.53 Å². The second kappa shape index (κ2) is 5.65. The predicted molar refractivity (Wildman–Crippen MR) is 69.7 cm³/mol. The summed E-state index contributed by atoms with van der Waals surface area (Å²) in [5.74, 6) is -0.197. The summed E-state index contributed by atoms with van der Waals surface area (Å²) in [6.45, 7) is 2.24. The fraction of sp³-hybridized carbons (Fsp3) is 0.462. The molecule has 1 aromatic carbocycles. The molecule has 1 N–H and O–H groups in total. The lowest BCUT2D eigenvalue weighted by atomic mass is 10.1. The number of rotatable bonds is 5. The lowest BCUT2D eigenvalue weighted by Gasteiger charge is -2.17. The van der Waals surface area contributed by atoms with Gasteiger partial charge < -0.3 is 4.74 Å². The van der Waals surface area contributed by atoms with Gasteiger partial charge in [0, 0.05) is 10.5 Å². The van der Waals surface area contributed by atoms with Crippen LogP contribution in [0, 0.1) is 0 Å². The van der Waals surface area contributed by atoms with Crippen LogP contribution in [-0.4, -0.2) is 18.6 Å². The standard InChI is InChI=1S/C13H16BrNO2/c1-2-17-13(16)12(15-11-6-7-11)9-4-3-5-10(14)8-9/h3-5,8,11-12,15H,2,6-7H2,1H3. The topological polar surface area (TPSA) is 38.3 Å². The quantitative estimate of drug-likeness (QED) is 0.850. The third-order valence-electron chi connectivity index (χ3n) is 2.68. The van der Waals surface area contributed by atoms with E-state index in [1.54, 1.807) is 0 Å². The molecular formula is C13H16BrNO2. The SMILES string of the molecule is CCOC(=O)C(NC1CC1)c1cccc(Br)c1. The van der Waals surface area contributed by atoms with Gasteiger partial charge in [0.25, 0.3) is 0 Å². The third-order valence-corrected chi connectivity index (χ3v) is 3.18. The molecule has 0 amide bonds. The number of carbonyl (C=O) groups excluding carboxylic acids is 1. The lowest BCUT2D eigenvalue weighted by molar-refractivity contribution is -0.145. The van der Waals surface area contributed by atoms with Crippen molar-refractivity contribution in [3.63, 3.8) is 0 Å². The summed E-state index contributed by atoms with van der Waals surface area (Å²) < 4.78 is 6.08. The molecule has 4 heteroatoms. The Hall–Kier alpha value is -0.870. The molecule has 92 valence electrons. The molecule has 1 fully saturated rings. The average molecular weight is 298 g/mol. The molecule has 0 heterocycles. The van der Waals surface area contributed by atoms with E-state index < -0.39 is 0 Å². The number of nitrogens with one attached hydrogen (secondary N) is 1. The monoisotopic (exact) mass is 297 g/mol. The van der Waals surface area contributed by atoms with Crippen LogP contribution >= 0.6 is 15.9 Å². The third kappa shape index (κ3) is 3.54. The van der Waals surface area contributed by atoms with Gasteiger partial charge in [-0.15, -0.1) is 0 Å². The molecule has 0 bridgehead atoms. The van der Waals surface area contributed by atoms with Crippen molar-refractivity contribution in [3.05, 3.63) is 34.3 Å². The van der Waals surface area contributed by atoms with E-state index in [0.717, 1.165) is 22.9 Å². The lowest BCUT2D eigenvalue weighted by Crippen LogP contribution is -2.31. The van der Waals surface area contributed by atoms with Gasteiger partial charge in [-0.05, 0) is 37.5 Å². The summed E-state index contributed by atoms with van der Waals surface area (Å²) in [4.78, 5) is 11.9. The molecule has 0 aliphatic heterocycles. The van der Waals surface area contributed by atoms with E-state index in [-0.39, 0.29) is 12.0 Å². The van der Waals surface area contributed by atoms with Crippen LogP contribution in [0.5, 0.6) is 0 Å². The van der Waals surface area contributed by atoms with Gasteiger partial charge in [-0.1, -0.05) is 28.1 Å². The van der Waals surface area contributed by atoms with Crippen LogP contribution < -0.4 is 5.32 Å². The normalized spacial score (nSPS) is 16.6. The van der Waals surface area contributed by atoms with E-state index in [1.807, 2.05) is 31.2 Å². The van der Waals surface area contributed by atoms with Gasteiger partial charge in [-0.2, -0.15) is 0 Å². The van der Waals surface area contributed by atoms with E-state index in [2.05, 4.69) is 21.2 Å². The Morgan fingerprint density at radius 3 is 2.94 bits per heavy atom. The smallest absolute Gasteiger partial charge is 0.327 e.